The summed E-state index contributed by atoms with van der Waals surface area (Å²) in [5, 5.41) is 0.360. The number of carbonyl (C=O) groups excluding carboxylic acids is 1. The van der Waals surface area contributed by atoms with Crippen LogP contribution in [0.4, 0.5) is 4.39 Å². The molecule has 1 amide bonds. The third-order valence-corrected chi connectivity index (χ3v) is 4.03. The highest BCUT2D eigenvalue weighted by molar-refractivity contribution is 6.00. The molecule has 2 heterocycles. The fourth-order valence-corrected chi connectivity index (χ4v) is 2.70. The van der Waals surface area contributed by atoms with Crippen molar-refractivity contribution in [1.82, 2.24) is 14.6 Å². The molecule has 0 aliphatic heterocycles. The average molecular weight is 360 g/mol. The van der Waals surface area contributed by atoms with Crippen LogP contribution in [0.5, 0.6) is 0 Å². The summed E-state index contributed by atoms with van der Waals surface area (Å²) >= 11 is 0. The van der Waals surface area contributed by atoms with Crippen molar-refractivity contribution >= 4 is 16.8 Å². The van der Waals surface area contributed by atoms with Gasteiger partial charge in [-0.05, 0) is 48.5 Å². The van der Waals surface area contributed by atoms with Gasteiger partial charge in [-0.2, -0.15) is 4.68 Å². The van der Waals surface area contributed by atoms with E-state index in [2.05, 4.69) is 15.4 Å². The van der Waals surface area contributed by atoms with Gasteiger partial charge in [0.1, 0.15) is 5.82 Å². The number of fused-ring (bicyclic) bond motifs is 1. The van der Waals surface area contributed by atoms with E-state index in [4.69, 9.17) is 0 Å². The lowest BCUT2D eigenvalue weighted by Crippen LogP contribution is -2.35. The van der Waals surface area contributed by atoms with Crippen molar-refractivity contribution in [2.24, 2.45) is 0 Å². The summed E-state index contributed by atoms with van der Waals surface area (Å²) < 4.78 is 14.4. The Morgan fingerprint density at radius 3 is 2.41 bits per heavy atom. The highest BCUT2D eigenvalue weighted by atomic mass is 19.1. The summed E-state index contributed by atoms with van der Waals surface area (Å²) in [6.45, 7) is 0. The standard InChI is InChI=1S/C20H13FN4O2/c21-15-7-5-13(6-8-15)18-23-17-4-2-1-3-16(17)20(27)25(18)24-19(26)14-9-11-22-12-10-14/h1-12H,(H,24,26). The molecule has 0 aliphatic rings. The van der Waals surface area contributed by atoms with Gasteiger partial charge in [-0.3, -0.25) is 20.0 Å². The molecule has 2 aromatic carbocycles. The van der Waals surface area contributed by atoms with Crippen LogP contribution in [0, 0.1) is 5.82 Å². The van der Waals surface area contributed by atoms with Gasteiger partial charge in [-0.25, -0.2) is 9.37 Å². The van der Waals surface area contributed by atoms with Crippen LogP contribution in [0.2, 0.25) is 0 Å². The Labute approximate surface area is 152 Å². The molecule has 7 heteroatoms. The second-order valence-corrected chi connectivity index (χ2v) is 5.78. The second kappa shape index (κ2) is 6.80. The van der Waals surface area contributed by atoms with Crippen LogP contribution in [-0.4, -0.2) is 20.6 Å². The van der Waals surface area contributed by atoms with Gasteiger partial charge in [0, 0.05) is 23.5 Å². The number of carbonyl (C=O) groups is 1. The van der Waals surface area contributed by atoms with Crippen molar-refractivity contribution in [3.8, 4) is 11.4 Å². The number of nitrogens with one attached hydrogen (secondary N) is 1. The van der Waals surface area contributed by atoms with Crippen molar-refractivity contribution in [2.45, 2.75) is 0 Å². The molecule has 0 saturated carbocycles. The molecule has 0 radical (unpaired) electrons. The number of hydrogen-bond acceptors (Lipinski definition) is 4. The van der Waals surface area contributed by atoms with E-state index in [0.29, 0.717) is 22.0 Å². The highest BCUT2D eigenvalue weighted by Crippen LogP contribution is 2.19. The maximum atomic E-state index is 13.3. The molecule has 1 N–H and O–H groups in total. The summed E-state index contributed by atoms with van der Waals surface area (Å²) in [5.41, 5.74) is 3.47. The predicted octanol–water partition coefficient (Wildman–Crippen LogP) is 2.98. The van der Waals surface area contributed by atoms with Crippen molar-refractivity contribution < 1.29 is 9.18 Å². The number of nitrogens with zero attached hydrogens (tertiary/aromatic N) is 3. The lowest BCUT2D eigenvalue weighted by atomic mass is 10.2. The number of amides is 1. The molecule has 0 aliphatic carbocycles. The van der Waals surface area contributed by atoms with E-state index in [1.807, 2.05) is 0 Å². The van der Waals surface area contributed by atoms with E-state index in [9.17, 15) is 14.0 Å². The molecule has 4 rings (SSSR count). The number of para-hydroxylation sites is 1. The number of pyridine rings is 1. The van der Waals surface area contributed by atoms with Crippen LogP contribution in [0.25, 0.3) is 22.3 Å². The largest absolute Gasteiger partial charge is 0.280 e. The third kappa shape index (κ3) is 3.18. The number of rotatable bonds is 3. The zero-order chi connectivity index (χ0) is 18.8. The second-order valence-electron chi connectivity index (χ2n) is 5.78. The molecule has 0 spiro atoms. The molecular formula is C20H13FN4O2. The fraction of sp³-hybridized carbons (Fsp3) is 0. The maximum Gasteiger partial charge on any atom is 0.280 e. The Balaban J connectivity index is 1.90. The minimum absolute atomic E-state index is 0.209. The van der Waals surface area contributed by atoms with Gasteiger partial charge in [-0.15, -0.1) is 0 Å². The van der Waals surface area contributed by atoms with Crippen molar-refractivity contribution in [3.63, 3.8) is 0 Å². The zero-order valence-electron chi connectivity index (χ0n) is 14.0. The van der Waals surface area contributed by atoms with Crippen LogP contribution in [-0.2, 0) is 0 Å². The van der Waals surface area contributed by atoms with Crippen molar-refractivity contribution in [2.75, 3.05) is 5.43 Å². The Morgan fingerprint density at radius 1 is 0.963 bits per heavy atom. The zero-order valence-corrected chi connectivity index (χ0v) is 14.0. The Bertz CT molecular complexity index is 1190. The number of aromatic nitrogens is 3. The molecule has 4 aromatic rings. The Hall–Kier alpha value is -3.87. The Morgan fingerprint density at radius 2 is 1.67 bits per heavy atom. The van der Waals surface area contributed by atoms with Gasteiger partial charge in [0.2, 0.25) is 0 Å². The van der Waals surface area contributed by atoms with Gasteiger partial charge in [0.15, 0.2) is 5.82 Å². The minimum atomic E-state index is -0.486. The molecule has 27 heavy (non-hydrogen) atoms. The van der Waals surface area contributed by atoms with Crippen LogP contribution in [0.15, 0.2) is 77.9 Å². The monoisotopic (exact) mass is 360 g/mol. The summed E-state index contributed by atoms with van der Waals surface area (Å²) in [6.07, 6.45) is 2.97. The van der Waals surface area contributed by atoms with E-state index >= 15 is 0 Å². The summed E-state index contributed by atoms with van der Waals surface area (Å²) in [6, 6.07) is 15.4. The molecule has 0 saturated heterocycles. The smallest absolute Gasteiger partial charge is 0.267 e. The lowest BCUT2D eigenvalue weighted by Gasteiger charge is -2.14. The van der Waals surface area contributed by atoms with E-state index in [1.165, 1.54) is 48.8 Å². The molecular weight excluding hydrogens is 347 g/mol. The Kier molecular flexibility index (Phi) is 4.18. The number of benzene rings is 2. The normalized spacial score (nSPS) is 10.7. The molecule has 2 aromatic heterocycles. The first-order valence-corrected chi connectivity index (χ1v) is 8.12. The van der Waals surface area contributed by atoms with E-state index < -0.39 is 17.3 Å². The summed E-state index contributed by atoms with van der Waals surface area (Å²) in [7, 11) is 0. The van der Waals surface area contributed by atoms with Crippen LogP contribution in [0.3, 0.4) is 0 Å². The first-order valence-electron chi connectivity index (χ1n) is 8.12. The van der Waals surface area contributed by atoms with Gasteiger partial charge >= 0.3 is 0 Å². The molecule has 0 fully saturated rings. The SMILES string of the molecule is O=C(Nn1c(-c2ccc(F)cc2)nc2ccccc2c1=O)c1ccncc1. The lowest BCUT2D eigenvalue weighted by molar-refractivity contribution is 0.101. The maximum absolute atomic E-state index is 13.3. The first-order chi connectivity index (χ1) is 13.1. The molecule has 0 unspecified atom stereocenters. The van der Waals surface area contributed by atoms with E-state index in [1.54, 1.807) is 24.3 Å². The topological polar surface area (TPSA) is 76.9 Å². The number of hydrogen-bond donors (Lipinski definition) is 1. The molecule has 0 atom stereocenters. The fourth-order valence-electron chi connectivity index (χ4n) is 2.70. The average Bonchev–Trinajstić information content (AvgIpc) is 2.71. The summed E-state index contributed by atoms with van der Waals surface area (Å²) in [5.74, 6) is -0.685. The van der Waals surface area contributed by atoms with Crippen LogP contribution in [0.1, 0.15) is 10.4 Å². The quantitative estimate of drug-likeness (QED) is 0.609. The number of halogens is 1. The molecule has 6 nitrogen and oxygen atoms in total. The van der Waals surface area contributed by atoms with Crippen LogP contribution < -0.4 is 11.0 Å². The van der Waals surface area contributed by atoms with Crippen molar-refractivity contribution in [1.29, 1.82) is 0 Å². The molecule has 0 bridgehead atoms. The minimum Gasteiger partial charge on any atom is -0.267 e. The molecule has 132 valence electrons. The van der Waals surface area contributed by atoms with E-state index in [-0.39, 0.29) is 5.82 Å². The van der Waals surface area contributed by atoms with Crippen LogP contribution >= 0.6 is 0 Å². The third-order valence-electron chi connectivity index (χ3n) is 4.03. The van der Waals surface area contributed by atoms with Gasteiger partial charge in [0.25, 0.3) is 11.5 Å². The summed E-state index contributed by atoms with van der Waals surface area (Å²) in [4.78, 5) is 33.9. The van der Waals surface area contributed by atoms with Gasteiger partial charge in [-0.1, -0.05) is 12.1 Å². The predicted molar refractivity (Wildman–Crippen MR) is 99.3 cm³/mol. The first kappa shape index (κ1) is 16.6. The van der Waals surface area contributed by atoms with Gasteiger partial charge < -0.3 is 0 Å². The van der Waals surface area contributed by atoms with Crippen molar-refractivity contribution in [3.05, 3.63) is 94.8 Å². The van der Waals surface area contributed by atoms with Gasteiger partial charge in [0.05, 0.1) is 10.9 Å². The van der Waals surface area contributed by atoms with E-state index in [0.717, 1.165) is 4.68 Å². The highest BCUT2D eigenvalue weighted by Gasteiger charge is 2.15.